The standard InChI is InChI=1S/C30H31ClN4O4/c1-35-7-2-19(3-8-35)18-38-23-14-26-29(28(15-23)39-22-4-9-36-10-5-22)30(20(16-32)17-33-26)34-25-12-21(31)13-27-24(25)6-11-37-27/h6,11-15,17,19,22H,2-5,7-10,18H2,1H3,(H,33,34). The number of nitrogens with one attached hydrogen (secondary N) is 1. The van der Waals surface area contributed by atoms with E-state index in [9.17, 15) is 5.26 Å². The first-order valence-corrected chi connectivity index (χ1v) is 13.8. The zero-order valence-electron chi connectivity index (χ0n) is 21.9. The van der Waals surface area contributed by atoms with Crippen LogP contribution in [0.15, 0.2) is 47.2 Å². The molecule has 4 aromatic rings. The molecule has 2 aromatic heterocycles. The van der Waals surface area contributed by atoms with Gasteiger partial charge in [0.25, 0.3) is 0 Å². The molecule has 8 nitrogen and oxygen atoms in total. The normalized spacial score (nSPS) is 17.4. The largest absolute Gasteiger partial charge is 0.493 e. The summed E-state index contributed by atoms with van der Waals surface area (Å²) in [7, 11) is 2.16. The van der Waals surface area contributed by atoms with Gasteiger partial charge in [-0.05, 0) is 51.0 Å². The molecule has 0 spiro atoms. The molecular formula is C30H31ClN4O4. The number of anilines is 2. The number of nitrogens with zero attached hydrogens (tertiary/aromatic N) is 3. The molecule has 39 heavy (non-hydrogen) atoms. The fraction of sp³-hybridized carbons (Fsp3) is 0.400. The van der Waals surface area contributed by atoms with Crippen LogP contribution >= 0.6 is 11.6 Å². The van der Waals surface area contributed by atoms with Gasteiger partial charge in [-0.25, -0.2) is 0 Å². The van der Waals surface area contributed by atoms with Gasteiger partial charge in [0.2, 0.25) is 0 Å². The van der Waals surface area contributed by atoms with E-state index >= 15 is 0 Å². The van der Waals surface area contributed by atoms with Crippen molar-refractivity contribution in [2.75, 3.05) is 45.3 Å². The summed E-state index contributed by atoms with van der Waals surface area (Å²) in [5.74, 6) is 1.87. The summed E-state index contributed by atoms with van der Waals surface area (Å²) in [6.07, 6.45) is 7.03. The highest BCUT2D eigenvalue weighted by atomic mass is 35.5. The van der Waals surface area contributed by atoms with Gasteiger partial charge in [-0.2, -0.15) is 5.26 Å². The molecule has 0 unspecified atom stereocenters. The summed E-state index contributed by atoms with van der Waals surface area (Å²) in [6, 6.07) is 11.6. The van der Waals surface area contributed by atoms with Crippen LogP contribution < -0.4 is 14.8 Å². The summed E-state index contributed by atoms with van der Waals surface area (Å²) in [4.78, 5) is 7.00. The minimum Gasteiger partial charge on any atom is -0.493 e. The number of likely N-dealkylation sites (tertiary alicyclic amines) is 1. The first-order chi connectivity index (χ1) is 19.1. The molecule has 2 aliphatic heterocycles. The van der Waals surface area contributed by atoms with Gasteiger partial charge in [-0.1, -0.05) is 11.6 Å². The Hall–Kier alpha value is -3.51. The molecule has 0 amide bonds. The molecule has 0 radical (unpaired) electrons. The number of hydrogen-bond acceptors (Lipinski definition) is 8. The van der Waals surface area contributed by atoms with Crippen molar-refractivity contribution in [2.45, 2.75) is 31.8 Å². The highest BCUT2D eigenvalue weighted by Crippen LogP contribution is 2.41. The summed E-state index contributed by atoms with van der Waals surface area (Å²) in [5.41, 5.74) is 3.08. The van der Waals surface area contributed by atoms with Gasteiger partial charge in [0, 0.05) is 47.6 Å². The van der Waals surface area contributed by atoms with Crippen LogP contribution in [0.1, 0.15) is 31.2 Å². The van der Waals surface area contributed by atoms with Crippen molar-refractivity contribution in [3.63, 3.8) is 0 Å². The predicted molar refractivity (Wildman–Crippen MR) is 151 cm³/mol. The Labute approximate surface area is 232 Å². The first-order valence-electron chi connectivity index (χ1n) is 13.4. The Kier molecular flexibility index (Phi) is 7.47. The molecule has 4 heterocycles. The fourth-order valence-corrected chi connectivity index (χ4v) is 5.55. The summed E-state index contributed by atoms with van der Waals surface area (Å²) < 4.78 is 24.0. The average Bonchev–Trinajstić information content (AvgIpc) is 3.42. The number of aromatic nitrogens is 1. The maximum absolute atomic E-state index is 10.0. The lowest BCUT2D eigenvalue weighted by molar-refractivity contribution is 0.0261. The Morgan fingerprint density at radius 1 is 1.15 bits per heavy atom. The van der Waals surface area contributed by atoms with Gasteiger partial charge in [0.15, 0.2) is 0 Å². The van der Waals surface area contributed by atoms with Gasteiger partial charge in [-0.15, -0.1) is 0 Å². The predicted octanol–water partition coefficient (Wildman–Crippen LogP) is 6.53. The van der Waals surface area contributed by atoms with Crippen LogP contribution in [0, 0.1) is 17.2 Å². The van der Waals surface area contributed by atoms with Gasteiger partial charge in [-0.3, -0.25) is 4.98 Å². The molecule has 0 saturated carbocycles. The van der Waals surface area contributed by atoms with Crippen molar-refractivity contribution < 1.29 is 18.6 Å². The minimum absolute atomic E-state index is 0.00331. The molecule has 0 atom stereocenters. The number of pyridine rings is 1. The molecule has 2 aliphatic rings. The van der Waals surface area contributed by atoms with E-state index < -0.39 is 0 Å². The van der Waals surface area contributed by atoms with E-state index in [4.69, 9.17) is 30.2 Å². The van der Waals surface area contributed by atoms with Gasteiger partial charge < -0.3 is 28.8 Å². The Morgan fingerprint density at radius 3 is 2.77 bits per heavy atom. The SMILES string of the molecule is CN1CCC(COc2cc(OC3CCOCC3)c3c(Nc4cc(Cl)cc5occc45)c(C#N)cnc3c2)CC1. The van der Waals surface area contributed by atoms with Crippen LogP contribution in [0.25, 0.3) is 21.9 Å². The highest BCUT2D eigenvalue weighted by molar-refractivity contribution is 6.31. The number of ether oxygens (including phenoxy) is 3. The summed E-state index contributed by atoms with van der Waals surface area (Å²) in [5, 5.41) is 15.6. The minimum atomic E-state index is -0.00331. The third-order valence-corrected chi connectivity index (χ3v) is 7.83. The van der Waals surface area contributed by atoms with E-state index in [1.54, 1.807) is 18.5 Å². The van der Waals surface area contributed by atoms with Crippen molar-refractivity contribution in [3.8, 4) is 17.6 Å². The number of fused-ring (bicyclic) bond motifs is 2. The zero-order valence-corrected chi connectivity index (χ0v) is 22.7. The van der Waals surface area contributed by atoms with Gasteiger partial charge in [0.05, 0.1) is 53.9 Å². The van der Waals surface area contributed by atoms with Crippen LogP contribution in [0.2, 0.25) is 5.02 Å². The number of rotatable bonds is 7. The lowest BCUT2D eigenvalue weighted by Gasteiger charge is -2.29. The highest BCUT2D eigenvalue weighted by Gasteiger charge is 2.23. The van der Waals surface area contributed by atoms with Crippen LogP contribution in [0.4, 0.5) is 11.4 Å². The second-order valence-corrected chi connectivity index (χ2v) is 10.8. The number of hydrogen-bond donors (Lipinski definition) is 1. The van der Waals surface area contributed by atoms with Gasteiger partial charge in [0.1, 0.15) is 29.3 Å². The van der Waals surface area contributed by atoms with Crippen molar-refractivity contribution in [2.24, 2.45) is 5.92 Å². The van der Waals surface area contributed by atoms with Crippen LogP contribution in [-0.4, -0.2) is 55.9 Å². The number of benzene rings is 2. The van der Waals surface area contributed by atoms with E-state index in [0.29, 0.717) is 64.6 Å². The Morgan fingerprint density at radius 2 is 1.97 bits per heavy atom. The molecule has 0 bridgehead atoms. The number of piperidine rings is 1. The lowest BCUT2D eigenvalue weighted by atomic mass is 9.98. The Balaban J connectivity index is 1.41. The second kappa shape index (κ2) is 11.3. The van der Waals surface area contributed by atoms with Crippen molar-refractivity contribution in [3.05, 3.63) is 53.4 Å². The summed E-state index contributed by atoms with van der Waals surface area (Å²) >= 11 is 6.39. The quantitative estimate of drug-likeness (QED) is 0.280. The molecule has 6 rings (SSSR count). The van der Waals surface area contributed by atoms with E-state index in [0.717, 1.165) is 55.2 Å². The molecular weight excluding hydrogens is 516 g/mol. The van der Waals surface area contributed by atoms with E-state index in [2.05, 4.69) is 28.3 Å². The molecule has 2 fully saturated rings. The third kappa shape index (κ3) is 5.62. The topological polar surface area (TPSA) is 92.8 Å². The second-order valence-electron chi connectivity index (χ2n) is 10.4. The third-order valence-electron chi connectivity index (χ3n) is 7.61. The Bertz CT molecular complexity index is 1520. The zero-order chi connectivity index (χ0) is 26.8. The number of halogens is 1. The van der Waals surface area contributed by atoms with E-state index in [1.807, 2.05) is 24.3 Å². The first kappa shape index (κ1) is 25.8. The number of nitriles is 1. The van der Waals surface area contributed by atoms with Crippen molar-refractivity contribution in [1.82, 2.24) is 9.88 Å². The molecule has 2 aromatic carbocycles. The maximum atomic E-state index is 10.0. The van der Waals surface area contributed by atoms with Crippen LogP contribution in [0.5, 0.6) is 11.5 Å². The maximum Gasteiger partial charge on any atom is 0.137 e. The average molecular weight is 547 g/mol. The van der Waals surface area contributed by atoms with Crippen LogP contribution in [-0.2, 0) is 4.74 Å². The molecule has 202 valence electrons. The van der Waals surface area contributed by atoms with Crippen LogP contribution in [0.3, 0.4) is 0 Å². The molecule has 0 aliphatic carbocycles. The summed E-state index contributed by atoms with van der Waals surface area (Å²) in [6.45, 7) is 4.14. The fourth-order valence-electron chi connectivity index (χ4n) is 5.35. The van der Waals surface area contributed by atoms with Gasteiger partial charge >= 0.3 is 0 Å². The monoisotopic (exact) mass is 546 g/mol. The molecule has 2 saturated heterocycles. The lowest BCUT2D eigenvalue weighted by Crippen LogP contribution is -2.32. The smallest absolute Gasteiger partial charge is 0.137 e. The number of furan rings is 1. The molecule has 1 N–H and O–H groups in total. The van der Waals surface area contributed by atoms with E-state index in [-0.39, 0.29) is 6.10 Å². The van der Waals surface area contributed by atoms with Crippen molar-refractivity contribution in [1.29, 1.82) is 5.26 Å². The van der Waals surface area contributed by atoms with Crippen molar-refractivity contribution >= 4 is 44.8 Å². The van der Waals surface area contributed by atoms with E-state index in [1.165, 1.54) is 0 Å². The molecule has 9 heteroatoms.